The van der Waals surface area contributed by atoms with Crippen molar-refractivity contribution in [2.24, 2.45) is 5.92 Å². The number of hydrogen-bond donors (Lipinski definition) is 1. The summed E-state index contributed by atoms with van der Waals surface area (Å²) in [5, 5.41) is 3.70. The van der Waals surface area contributed by atoms with Crippen molar-refractivity contribution in [2.75, 3.05) is 12.3 Å². The highest BCUT2D eigenvalue weighted by Crippen LogP contribution is 2.22. The molecule has 2 aromatic carbocycles. The molecule has 0 aliphatic rings. The van der Waals surface area contributed by atoms with E-state index in [4.69, 9.17) is 11.6 Å². The number of nitrogens with one attached hydrogen (secondary N) is 1. The largest absolute Gasteiger partial charge is 0.354 e. The Morgan fingerprint density at radius 3 is 2.29 bits per heavy atom. The fourth-order valence-corrected chi connectivity index (χ4v) is 4.13. The highest BCUT2D eigenvalue weighted by Gasteiger charge is 2.28. The van der Waals surface area contributed by atoms with Gasteiger partial charge in [-0.3, -0.25) is 9.59 Å². The molecule has 0 aromatic heterocycles. The van der Waals surface area contributed by atoms with Crippen LogP contribution < -0.4 is 5.32 Å². The topological polar surface area (TPSA) is 49.4 Å². The number of benzene rings is 2. The van der Waals surface area contributed by atoms with E-state index in [0.717, 1.165) is 10.5 Å². The average molecular weight is 461 g/mol. The van der Waals surface area contributed by atoms with Gasteiger partial charge in [-0.1, -0.05) is 62.2 Å². The number of halogens is 1. The normalized spacial score (nSPS) is 11.9. The maximum Gasteiger partial charge on any atom is 0.242 e. The molecule has 1 N–H and O–H groups in total. The number of hydrogen-bond acceptors (Lipinski definition) is 3. The van der Waals surface area contributed by atoms with Crippen LogP contribution in [0.3, 0.4) is 0 Å². The molecule has 31 heavy (non-hydrogen) atoms. The fourth-order valence-electron chi connectivity index (χ4n) is 3.16. The predicted molar refractivity (Wildman–Crippen MR) is 130 cm³/mol. The Kier molecular flexibility index (Phi) is 10.4. The first kappa shape index (κ1) is 25.3. The fraction of sp³-hybridized carbons (Fsp3) is 0.440. The molecule has 0 aliphatic heterocycles. The quantitative estimate of drug-likeness (QED) is 0.437. The Labute approximate surface area is 195 Å². The lowest BCUT2D eigenvalue weighted by Crippen LogP contribution is -2.49. The first-order valence-corrected chi connectivity index (χ1v) is 12.2. The van der Waals surface area contributed by atoms with Crippen LogP contribution in [-0.2, 0) is 16.1 Å². The van der Waals surface area contributed by atoms with Gasteiger partial charge in [-0.15, -0.1) is 11.8 Å². The van der Waals surface area contributed by atoms with E-state index in [9.17, 15) is 9.59 Å². The van der Waals surface area contributed by atoms with Crippen molar-refractivity contribution in [1.82, 2.24) is 10.2 Å². The van der Waals surface area contributed by atoms with E-state index >= 15 is 0 Å². The number of carbonyl (C=O) groups is 2. The Morgan fingerprint density at radius 2 is 1.71 bits per heavy atom. The molecule has 2 rings (SSSR count). The molecular weight excluding hydrogens is 428 g/mol. The second-order valence-electron chi connectivity index (χ2n) is 8.12. The Hall–Kier alpha value is -1.98. The molecule has 0 aliphatic carbocycles. The number of rotatable bonds is 11. The van der Waals surface area contributed by atoms with Gasteiger partial charge >= 0.3 is 0 Å². The Morgan fingerprint density at radius 1 is 1.06 bits per heavy atom. The summed E-state index contributed by atoms with van der Waals surface area (Å²) in [6.07, 6.45) is 0.943. The molecule has 0 fully saturated rings. The van der Waals surface area contributed by atoms with Gasteiger partial charge in [-0.05, 0) is 49.1 Å². The maximum absolute atomic E-state index is 13.2. The average Bonchev–Trinajstić information content (AvgIpc) is 2.74. The van der Waals surface area contributed by atoms with Crippen LogP contribution in [0.1, 0.15) is 44.7 Å². The molecule has 0 radical (unpaired) electrons. The van der Waals surface area contributed by atoms with Gasteiger partial charge in [0.15, 0.2) is 0 Å². The summed E-state index contributed by atoms with van der Waals surface area (Å²) in [5.74, 6) is 0.920. The SMILES string of the molecule is CC[C@@H](C(=O)NCC(C)C)N(Cc1ccc(C)cc1)C(=O)CCSc1ccc(Cl)cc1. The summed E-state index contributed by atoms with van der Waals surface area (Å²) in [5.41, 5.74) is 2.20. The van der Waals surface area contributed by atoms with E-state index in [-0.39, 0.29) is 11.8 Å². The van der Waals surface area contributed by atoms with E-state index in [2.05, 4.69) is 19.2 Å². The zero-order valence-electron chi connectivity index (χ0n) is 18.9. The van der Waals surface area contributed by atoms with Gasteiger partial charge in [0.25, 0.3) is 0 Å². The zero-order chi connectivity index (χ0) is 22.8. The zero-order valence-corrected chi connectivity index (χ0v) is 20.4. The number of nitrogens with zero attached hydrogens (tertiary/aromatic N) is 1. The van der Waals surface area contributed by atoms with Crippen LogP contribution in [0.4, 0.5) is 0 Å². The van der Waals surface area contributed by atoms with Crippen molar-refractivity contribution in [3.8, 4) is 0 Å². The van der Waals surface area contributed by atoms with Gasteiger partial charge in [-0.2, -0.15) is 0 Å². The molecule has 6 heteroatoms. The molecular formula is C25H33ClN2O2S. The third kappa shape index (κ3) is 8.58. The standard InChI is InChI=1S/C25H33ClN2O2S/c1-5-23(25(30)27-16-18(2)3)28(17-20-8-6-19(4)7-9-20)24(29)14-15-31-22-12-10-21(26)11-13-22/h6-13,18,23H,5,14-17H2,1-4H3,(H,27,30)/t23-/m0/s1. The van der Waals surface area contributed by atoms with Gasteiger partial charge in [0.05, 0.1) is 0 Å². The molecule has 4 nitrogen and oxygen atoms in total. The van der Waals surface area contributed by atoms with Crippen LogP contribution in [0.5, 0.6) is 0 Å². The van der Waals surface area contributed by atoms with E-state index < -0.39 is 6.04 Å². The molecule has 2 aromatic rings. The lowest BCUT2D eigenvalue weighted by molar-refractivity contribution is -0.141. The molecule has 2 amide bonds. The minimum atomic E-state index is -0.479. The molecule has 0 unspecified atom stereocenters. The number of aryl methyl sites for hydroxylation is 1. The number of thioether (sulfide) groups is 1. The first-order valence-electron chi connectivity index (χ1n) is 10.8. The van der Waals surface area contributed by atoms with Gasteiger partial charge in [0, 0.05) is 35.2 Å². The summed E-state index contributed by atoms with van der Waals surface area (Å²) < 4.78 is 0. The van der Waals surface area contributed by atoms with E-state index in [1.165, 1.54) is 5.56 Å². The van der Waals surface area contributed by atoms with Crippen molar-refractivity contribution >= 4 is 35.2 Å². The van der Waals surface area contributed by atoms with Gasteiger partial charge in [-0.25, -0.2) is 0 Å². The predicted octanol–water partition coefficient (Wildman–Crippen LogP) is 5.71. The van der Waals surface area contributed by atoms with Gasteiger partial charge in [0.1, 0.15) is 6.04 Å². The molecule has 1 atom stereocenters. The monoisotopic (exact) mass is 460 g/mol. The first-order chi connectivity index (χ1) is 14.8. The minimum Gasteiger partial charge on any atom is -0.354 e. The lowest BCUT2D eigenvalue weighted by atomic mass is 10.1. The molecule has 0 saturated heterocycles. The van der Waals surface area contributed by atoms with Crippen LogP contribution in [0.2, 0.25) is 5.02 Å². The molecule has 0 saturated carbocycles. The van der Waals surface area contributed by atoms with E-state index in [0.29, 0.717) is 42.6 Å². The second kappa shape index (κ2) is 12.8. The molecule has 0 spiro atoms. The summed E-state index contributed by atoms with van der Waals surface area (Å²) >= 11 is 7.56. The highest BCUT2D eigenvalue weighted by molar-refractivity contribution is 7.99. The van der Waals surface area contributed by atoms with E-state index in [1.807, 2.05) is 62.4 Å². The van der Waals surface area contributed by atoms with Crippen LogP contribution in [0, 0.1) is 12.8 Å². The van der Waals surface area contributed by atoms with Crippen molar-refractivity contribution < 1.29 is 9.59 Å². The van der Waals surface area contributed by atoms with Crippen LogP contribution in [-0.4, -0.2) is 35.1 Å². The van der Waals surface area contributed by atoms with Crippen LogP contribution in [0.25, 0.3) is 0 Å². The summed E-state index contributed by atoms with van der Waals surface area (Å²) in [6.45, 7) is 9.15. The Bertz CT molecular complexity index is 838. The highest BCUT2D eigenvalue weighted by atomic mass is 35.5. The lowest BCUT2D eigenvalue weighted by Gasteiger charge is -2.31. The summed E-state index contributed by atoms with van der Waals surface area (Å²) in [6, 6.07) is 15.2. The third-order valence-electron chi connectivity index (χ3n) is 4.94. The van der Waals surface area contributed by atoms with Crippen molar-refractivity contribution in [1.29, 1.82) is 0 Å². The smallest absolute Gasteiger partial charge is 0.242 e. The number of amides is 2. The summed E-state index contributed by atoms with van der Waals surface area (Å²) in [7, 11) is 0. The van der Waals surface area contributed by atoms with Crippen molar-refractivity contribution in [3.05, 3.63) is 64.7 Å². The number of carbonyl (C=O) groups excluding carboxylic acids is 2. The second-order valence-corrected chi connectivity index (χ2v) is 9.73. The van der Waals surface area contributed by atoms with Crippen LogP contribution >= 0.6 is 23.4 Å². The van der Waals surface area contributed by atoms with E-state index in [1.54, 1.807) is 16.7 Å². The molecule has 0 heterocycles. The third-order valence-corrected chi connectivity index (χ3v) is 6.21. The van der Waals surface area contributed by atoms with Crippen molar-refractivity contribution in [3.63, 3.8) is 0 Å². The van der Waals surface area contributed by atoms with Crippen LogP contribution in [0.15, 0.2) is 53.4 Å². The molecule has 168 valence electrons. The maximum atomic E-state index is 13.2. The van der Waals surface area contributed by atoms with Gasteiger partial charge < -0.3 is 10.2 Å². The Balaban J connectivity index is 2.10. The summed E-state index contributed by atoms with van der Waals surface area (Å²) in [4.78, 5) is 28.9. The van der Waals surface area contributed by atoms with Gasteiger partial charge in [0.2, 0.25) is 11.8 Å². The molecule has 0 bridgehead atoms. The minimum absolute atomic E-state index is 0.00594. The van der Waals surface area contributed by atoms with Crippen molar-refractivity contribution in [2.45, 2.75) is 58.0 Å².